The van der Waals surface area contributed by atoms with E-state index in [-0.39, 0.29) is 30.7 Å². The number of hydrogen-bond acceptors (Lipinski definition) is 4. The summed E-state index contributed by atoms with van der Waals surface area (Å²) in [6.45, 7) is 3.12. The lowest BCUT2D eigenvalue weighted by molar-refractivity contribution is -0.133. The zero-order chi connectivity index (χ0) is 16.9. The van der Waals surface area contributed by atoms with E-state index in [1.807, 2.05) is 30.1 Å². The maximum Gasteiger partial charge on any atom is 0.242 e. The molecule has 2 heterocycles. The average molecular weight is 419 g/mol. The standard InChI is InChI=1S/C18H26N4OS.2ClH/c1-19-10-14-6-5-9-21(11-14)18(23)12-22-16-8-4-3-7-15(16)20-17(22)13-24-2;;/h3-4,7-8,14,19H,5-6,9-13H2,1-2H3;2*1H. The molecule has 1 N–H and O–H groups in total. The largest absolute Gasteiger partial charge is 0.341 e. The van der Waals surface area contributed by atoms with Crippen LogP contribution < -0.4 is 5.32 Å². The number of imidazole rings is 1. The first-order valence-corrected chi connectivity index (χ1v) is 9.97. The molecule has 1 amide bonds. The number of carbonyl (C=O) groups is 1. The number of amides is 1. The second-order valence-corrected chi connectivity index (χ2v) is 7.31. The van der Waals surface area contributed by atoms with Crippen molar-refractivity contribution in [1.82, 2.24) is 19.8 Å². The normalized spacial score (nSPS) is 16.8. The van der Waals surface area contributed by atoms with Gasteiger partial charge in [0.2, 0.25) is 5.91 Å². The lowest BCUT2D eigenvalue weighted by Gasteiger charge is -2.33. The summed E-state index contributed by atoms with van der Waals surface area (Å²) >= 11 is 1.74. The number of halogens is 2. The lowest BCUT2D eigenvalue weighted by atomic mass is 9.98. The molecule has 1 fully saturated rings. The quantitative estimate of drug-likeness (QED) is 0.782. The van der Waals surface area contributed by atoms with Gasteiger partial charge in [-0.1, -0.05) is 12.1 Å². The smallest absolute Gasteiger partial charge is 0.242 e. The fourth-order valence-corrected chi connectivity index (χ4v) is 4.00. The van der Waals surface area contributed by atoms with E-state index >= 15 is 0 Å². The molecule has 1 unspecified atom stereocenters. The number of rotatable bonds is 6. The lowest BCUT2D eigenvalue weighted by Crippen LogP contribution is -2.43. The summed E-state index contributed by atoms with van der Waals surface area (Å²) in [5.41, 5.74) is 2.03. The van der Waals surface area contributed by atoms with E-state index < -0.39 is 0 Å². The van der Waals surface area contributed by atoms with Crippen LogP contribution in [0.25, 0.3) is 11.0 Å². The van der Waals surface area contributed by atoms with Gasteiger partial charge in [0.25, 0.3) is 0 Å². The number of para-hydroxylation sites is 2. The van der Waals surface area contributed by atoms with Crippen molar-refractivity contribution in [2.24, 2.45) is 5.92 Å². The number of hydrogen-bond donors (Lipinski definition) is 1. The summed E-state index contributed by atoms with van der Waals surface area (Å²) in [4.78, 5) is 19.6. The third-order valence-electron chi connectivity index (χ3n) is 4.66. The number of nitrogens with zero attached hydrogens (tertiary/aromatic N) is 3. The molecule has 146 valence electrons. The van der Waals surface area contributed by atoms with Gasteiger partial charge in [0.15, 0.2) is 0 Å². The van der Waals surface area contributed by atoms with Crippen molar-refractivity contribution in [1.29, 1.82) is 0 Å². The Hall–Kier alpha value is -0.950. The molecule has 1 aliphatic heterocycles. The molecule has 1 atom stereocenters. The Kier molecular flexibility index (Phi) is 9.79. The van der Waals surface area contributed by atoms with Crippen LogP contribution in [-0.2, 0) is 17.1 Å². The zero-order valence-corrected chi connectivity index (χ0v) is 17.8. The first-order valence-electron chi connectivity index (χ1n) is 8.58. The highest BCUT2D eigenvalue weighted by molar-refractivity contribution is 7.97. The minimum atomic E-state index is 0. The fourth-order valence-electron chi connectivity index (χ4n) is 3.52. The number of likely N-dealkylation sites (tertiary alicyclic amines) is 1. The fraction of sp³-hybridized carbons (Fsp3) is 0.556. The summed E-state index contributed by atoms with van der Waals surface area (Å²) in [5, 5.41) is 3.24. The Bertz CT molecular complexity index is 708. The maximum absolute atomic E-state index is 12.9. The van der Waals surface area contributed by atoms with E-state index in [4.69, 9.17) is 4.98 Å². The zero-order valence-electron chi connectivity index (χ0n) is 15.3. The van der Waals surface area contributed by atoms with Crippen LogP contribution >= 0.6 is 36.6 Å². The molecule has 1 aromatic carbocycles. The monoisotopic (exact) mass is 418 g/mol. The van der Waals surface area contributed by atoms with Crippen molar-refractivity contribution in [2.75, 3.05) is 32.9 Å². The number of thioether (sulfide) groups is 1. The molecule has 3 rings (SSSR count). The molecule has 0 bridgehead atoms. The molecule has 5 nitrogen and oxygen atoms in total. The van der Waals surface area contributed by atoms with Crippen LogP contribution in [0, 0.1) is 5.92 Å². The van der Waals surface area contributed by atoms with Gasteiger partial charge in [-0.3, -0.25) is 4.79 Å². The molecule has 0 saturated carbocycles. The van der Waals surface area contributed by atoms with Crippen molar-refractivity contribution < 1.29 is 4.79 Å². The van der Waals surface area contributed by atoms with Crippen molar-refractivity contribution in [3.8, 4) is 0 Å². The second-order valence-electron chi connectivity index (χ2n) is 6.44. The molecular weight excluding hydrogens is 391 g/mol. The molecule has 1 saturated heterocycles. The second kappa shape index (κ2) is 11.0. The van der Waals surface area contributed by atoms with Gasteiger partial charge in [-0.25, -0.2) is 4.98 Å². The number of nitrogens with one attached hydrogen (secondary N) is 1. The Morgan fingerprint density at radius 3 is 2.85 bits per heavy atom. The van der Waals surface area contributed by atoms with Crippen LogP contribution in [0.3, 0.4) is 0 Å². The van der Waals surface area contributed by atoms with Gasteiger partial charge in [-0.2, -0.15) is 11.8 Å². The van der Waals surface area contributed by atoms with E-state index in [9.17, 15) is 4.79 Å². The van der Waals surface area contributed by atoms with Crippen LogP contribution in [0.15, 0.2) is 24.3 Å². The third kappa shape index (κ3) is 5.28. The van der Waals surface area contributed by atoms with E-state index in [1.165, 1.54) is 6.42 Å². The Morgan fingerprint density at radius 2 is 2.12 bits per heavy atom. The predicted molar refractivity (Wildman–Crippen MR) is 115 cm³/mol. The van der Waals surface area contributed by atoms with Gasteiger partial charge in [0.1, 0.15) is 12.4 Å². The Labute approximate surface area is 172 Å². The molecule has 0 radical (unpaired) electrons. The summed E-state index contributed by atoms with van der Waals surface area (Å²) in [6, 6.07) is 8.08. The molecule has 0 aliphatic carbocycles. The number of aromatic nitrogens is 2. The van der Waals surface area contributed by atoms with Gasteiger partial charge in [0.05, 0.1) is 16.8 Å². The molecule has 2 aromatic rings. The van der Waals surface area contributed by atoms with Gasteiger partial charge in [-0.15, -0.1) is 24.8 Å². The minimum Gasteiger partial charge on any atom is -0.341 e. The van der Waals surface area contributed by atoms with E-state index in [1.54, 1.807) is 11.8 Å². The topological polar surface area (TPSA) is 50.2 Å². The highest BCUT2D eigenvalue weighted by Gasteiger charge is 2.24. The van der Waals surface area contributed by atoms with Crippen LogP contribution in [0.5, 0.6) is 0 Å². The Morgan fingerprint density at radius 1 is 1.35 bits per heavy atom. The predicted octanol–water partition coefficient (Wildman–Crippen LogP) is 3.20. The number of piperidine rings is 1. The highest BCUT2D eigenvalue weighted by Crippen LogP contribution is 2.21. The summed E-state index contributed by atoms with van der Waals surface area (Å²) < 4.78 is 2.09. The summed E-state index contributed by atoms with van der Waals surface area (Å²) in [6.07, 6.45) is 4.37. The number of fused-ring (bicyclic) bond motifs is 1. The minimum absolute atomic E-state index is 0. The van der Waals surface area contributed by atoms with Crippen molar-refractivity contribution in [3.63, 3.8) is 0 Å². The number of carbonyl (C=O) groups excluding carboxylic acids is 1. The first-order chi connectivity index (χ1) is 11.7. The SMILES string of the molecule is CNCC1CCCN(C(=O)Cn2c(CSC)nc3ccccc32)C1.Cl.Cl. The maximum atomic E-state index is 12.9. The van der Waals surface area contributed by atoms with Crippen molar-refractivity contribution in [3.05, 3.63) is 30.1 Å². The Balaban J connectivity index is 0.00000169. The molecule has 8 heteroatoms. The molecule has 0 spiro atoms. The van der Waals surface area contributed by atoms with Crippen LogP contribution in [0.1, 0.15) is 18.7 Å². The van der Waals surface area contributed by atoms with E-state index in [2.05, 4.69) is 22.2 Å². The van der Waals surface area contributed by atoms with Gasteiger partial charge >= 0.3 is 0 Å². The van der Waals surface area contributed by atoms with Gasteiger partial charge in [-0.05, 0) is 50.7 Å². The average Bonchev–Trinajstić information content (AvgIpc) is 2.93. The molecule has 26 heavy (non-hydrogen) atoms. The number of benzene rings is 1. The third-order valence-corrected chi connectivity index (χ3v) is 5.21. The van der Waals surface area contributed by atoms with Gasteiger partial charge < -0.3 is 14.8 Å². The van der Waals surface area contributed by atoms with Crippen molar-refractivity contribution in [2.45, 2.75) is 25.1 Å². The molecule has 1 aromatic heterocycles. The first kappa shape index (κ1) is 23.1. The van der Waals surface area contributed by atoms with Crippen LogP contribution in [0.4, 0.5) is 0 Å². The van der Waals surface area contributed by atoms with Crippen molar-refractivity contribution >= 4 is 53.5 Å². The summed E-state index contributed by atoms with van der Waals surface area (Å²) in [7, 11) is 1.98. The van der Waals surface area contributed by atoms with E-state index in [0.717, 1.165) is 48.7 Å². The van der Waals surface area contributed by atoms with Crippen LogP contribution in [0.2, 0.25) is 0 Å². The van der Waals surface area contributed by atoms with Gasteiger partial charge in [0, 0.05) is 13.1 Å². The molecule has 1 aliphatic rings. The highest BCUT2D eigenvalue weighted by atomic mass is 35.5. The van der Waals surface area contributed by atoms with E-state index in [0.29, 0.717) is 12.5 Å². The summed E-state index contributed by atoms with van der Waals surface area (Å²) in [5.74, 6) is 2.59. The molecular formula is C18H28Cl2N4OS. The van der Waals surface area contributed by atoms with Crippen LogP contribution in [-0.4, -0.2) is 53.3 Å².